The van der Waals surface area contributed by atoms with Crippen molar-refractivity contribution in [2.75, 3.05) is 6.54 Å². The molecule has 0 spiro atoms. The number of benzene rings is 2. The topological polar surface area (TPSA) is 83.6 Å². The molecular weight excluding hydrogens is 412 g/mol. The first kappa shape index (κ1) is 21.7. The molecule has 2 atom stereocenters. The van der Waals surface area contributed by atoms with Gasteiger partial charge in [-0.2, -0.15) is 0 Å². The number of rotatable bonds is 7. The van der Waals surface area contributed by atoms with E-state index in [-0.39, 0.29) is 35.1 Å². The Hall–Kier alpha value is -2.51. The molecule has 7 heteroatoms. The van der Waals surface area contributed by atoms with Crippen molar-refractivity contribution < 1.29 is 18.0 Å². The summed E-state index contributed by atoms with van der Waals surface area (Å²) in [6.45, 7) is 2.16. The van der Waals surface area contributed by atoms with Crippen LogP contribution in [0.25, 0.3) is 0 Å². The minimum atomic E-state index is -3.70. The van der Waals surface area contributed by atoms with Crippen molar-refractivity contribution in [2.45, 2.75) is 50.5 Å². The van der Waals surface area contributed by atoms with Gasteiger partial charge in [0.15, 0.2) is 0 Å². The first-order chi connectivity index (χ1) is 14.9. The summed E-state index contributed by atoms with van der Waals surface area (Å²) in [7, 11) is -3.70. The lowest BCUT2D eigenvalue weighted by Crippen LogP contribution is -2.31. The minimum Gasteiger partial charge on any atom is -0.278 e. The summed E-state index contributed by atoms with van der Waals surface area (Å²) in [4.78, 5) is 27.0. The van der Waals surface area contributed by atoms with Crippen LogP contribution in [0.5, 0.6) is 0 Å². The standard InChI is InChI=1S/C24H28N2O4S/c1-17-11-12-19(16-26-23(27)20-9-5-6-10-21(20)24(26)28)15-22(17)31(29,30)25-14-13-18-7-3-2-4-8-18/h2-4,7-8,11-12,15,20-21,25H,5-6,9-10,13-14,16H2,1H3/t20-,21-/m0/s1. The minimum absolute atomic E-state index is 0.110. The molecule has 0 bridgehead atoms. The summed E-state index contributed by atoms with van der Waals surface area (Å²) in [5.74, 6) is -0.620. The van der Waals surface area contributed by atoms with Crippen LogP contribution in [-0.2, 0) is 32.6 Å². The maximum absolute atomic E-state index is 12.9. The number of amides is 2. The molecule has 2 aromatic carbocycles. The number of aryl methyl sites for hydroxylation is 1. The molecule has 1 heterocycles. The van der Waals surface area contributed by atoms with Crippen molar-refractivity contribution in [3.05, 3.63) is 65.2 Å². The Labute approximate surface area is 183 Å². The molecular formula is C24H28N2O4S. The number of carbonyl (C=O) groups is 2. The van der Waals surface area contributed by atoms with E-state index in [1.807, 2.05) is 30.3 Å². The molecule has 1 saturated heterocycles. The molecule has 0 unspecified atom stereocenters. The molecule has 2 amide bonds. The third kappa shape index (κ3) is 4.57. The van der Waals surface area contributed by atoms with Crippen LogP contribution in [0, 0.1) is 18.8 Å². The van der Waals surface area contributed by atoms with E-state index >= 15 is 0 Å². The first-order valence-electron chi connectivity index (χ1n) is 10.8. The Morgan fingerprint density at radius 2 is 1.58 bits per heavy atom. The molecule has 6 nitrogen and oxygen atoms in total. The monoisotopic (exact) mass is 440 g/mol. The number of imide groups is 1. The van der Waals surface area contributed by atoms with Gasteiger partial charge in [-0.1, -0.05) is 55.3 Å². The number of nitrogens with one attached hydrogen (secondary N) is 1. The fourth-order valence-electron chi connectivity index (χ4n) is 4.65. The van der Waals surface area contributed by atoms with Crippen LogP contribution < -0.4 is 4.72 Å². The number of likely N-dealkylation sites (tertiary alicyclic amines) is 1. The fourth-order valence-corrected chi connectivity index (χ4v) is 5.98. The van der Waals surface area contributed by atoms with Crippen LogP contribution in [0.15, 0.2) is 53.4 Å². The second-order valence-corrected chi connectivity index (χ2v) is 10.2. The van der Waals surface area contributed by atoms with E-state index in [9.17, 15) is 18.0 Å². The van der Waals surface area contributed by atoms with Crippen molar-refractivity contribution in [3.63, 3.8) is 0 Å². The van der Waals surface area contributed by atoms with E-state index in [2.05, 4.69) is 4.72 Å². The normalized spacial score (nSPS) is 21.4. The molecule has 0 aromatic heterocycles. The van der Waals surface area contributed by atoms with Crippen molar-refractivity contribution in [3.8, 4) is 0 Å². The summed E-state index contributed by atoms with van der Waals surface area (Å²) < 4.78 is 28.5. The molecule has 2 aliphatic rings. The summed E-state index contributed by atoms with van der Waals surface area (Å²) in [5.41, 5.74) is 2.33. The van der Waals surface area contributed by atoms with Crippen LogP contribution in [0.3, 0.4) is 0 Å². The van der Waals surface area contributed by atoms with Crippen LogP contribution in [-0.4, -0.2) is 31.7 Å². The third-order valence-electron chi connectivity index (χ3n) is 6.36. The van der Waals surface area contributed by atoms with E-state index in [0.717, 1.165) is 31.2 Å². The van der Waals surface area contributed by atoms with E-state index in [1.54, 1.807) is 25.1 Å². The van der Waals surface area contributed by atoms with Gasteiger partial charge in [0.05, 0.1) is 23.3 Å². The largest absolute Gasteiger partial charge is 0.278 e. The molecule has 1 aliphatic heterocycles. The van der Waals surface area contributed by atoms with Crippen molar-refractivity contribution in [2.24, 2.45) is 11.8 Å². The average molecular weight is 441 g/mol. The number of hydrogen-bond donors (Lipinski definition) is 1. The van der Waals surface area contributed by atoms with E-state index < -0.39 is 10.0 Å². The van der Waals surface area contributed by atoms with Crippen LogP contribution in [0.2, 0.25) is 0 Å². The van der Waals surface area contributed by atoms with Gasteiger partial charge >= 0.3 is 0 Å². The molecule has 1 saturated carbocycles. The predicted molar refractivity (Wildman–Crippen MR) is 118 cm³/mol. The molecule has 31 heavy (non-hydrogen) atoms. The van der Waals surface area contributed by atoms with E-state index in [0.29, 0.717) is 24.1 Å². The zero-order valence-corrected chi connectivity index (χ0v) is 18.5. The van der Waals surface area contributed by atoms with Gasteiger partial charge in [-0.05, 0) is 48.9 Å². The zero-order valence-electron chi connectivity index (χ0n) is 17.7. The molecule has 0 radical (unpaired) electrons. The van der Waals surface area contributed by atoms with E-state index in [1.165, 1.54) is 4.90 Å². The van der Waals surface area contributed by atoms with Crippen molar-refractivity contribution >= 4 is 21.8 Å². The van der Waals surface area contributed by atoms with Gasteiger partial charge in [-0.15, -0.1) is 0 Å². The highest BCUT2D eigenvalue weighted by molar-refractivity contribution is 7.89. The summed E-state index contributed by atoms with van der Waals surface area (Å²) in [6.07, 6.45) is 4.10. The Kier molecular flexibility index (Phi) is 6.25. The first-order valence-corrected chi connectivity index (χ1v) is 12.3. The van der Waals surface area contributed by atoms with Gasteiger partial charge in [0.1, 0.15) is 0 Å². The van der Waals surface area contributed by atoms with Gasteiger partial charge in [0.2, 0.25) is 21.8 Å². The number of nitrogens with zero attached hydrogens (tertiary/aromatic N) is 1. The van der Waals surface area contributed by atoms with Gasteiger partial charge in [0.25, 0.3) is 0 Å². The summed E-state index contributed by atoms with van der Waals surface area (Å²) in [6, 6.07) is 14.8. The Balaban J connectivity index is 1.47. The molecule has 1 N–H and O–H groups in total. The van der Waals surface area contributed by atoms with Gasteiger partial charge < -0.3 is 0 Å². The maximum atomic E-state index is 12.9. The van der Waals surface area contributed by atoms with Crippen molar-refractivity contribution in [1.29, 1.82) is 0 Å². The Morgan fingerprint density at radius 1 is 0.935 bits per heavy atom. The predicted octanol–water partition coefficient (Wildman–Crippen LogP) is 3.19. The quantitative estimate of drug-likeness (QED) is 0.670. The van der Waals surface area contributed by atoms with Gasteiger partial charge in [0, 0.05) is 6.54 Å². The Bertz CT molecular complexity index is 1060. The second kappa shape index (κ2) is 8.93. The lowest BCUT2D eigenvalue weighted by Gasteiger charge is -2.19. The summed E-state index contributed by atoms with van der Waals surface area (Å²) >= 11 is 0. The number of hydrogen-bond acceptors (Lipinski definition) is 4. The van der Waals surface area contributed by atoms with E-state index in [4.69, 9.17) is 0 Å². The smallest absolute Gasteiger partial charge is 0.240 e. The molecule has 2 aromatic rings. The highest BCUT2D eigenvalue weighted by atomic mass is 32.2. The number of fused-ring (bicyclic) bond motifs is 1. The van der Waals surface area contributed by atoms with Gasteiger partial charge in [-0.3, -0.25) is 14.5 Å². The van der Waals surface area contributed by atoms with Crippen molar-refractivity contribution in [1.82, 2.24) is 9.62 Å². The van der Waals surface area contributed by atoms with Gasteiger partial charge in [-0.25, -0.2) is 13.1 Å². The fraction of sp³-hybridized carbons (Fsp3) is 0.417. The zero-order chi connectivity index (χ0) is 22.0. The maximum Gasteiger partial charge on any atom is 0.240 e. The summed E-state index contributed by atoms with van der Waals surface area (Å²) in [5, 5.41) is 0. The number of carbonyl (C=O) groups excluding carboxylic acids is 2. The lowest BCUT2D eigenvalue weighted by molar-refractivity contribution is -0.140. The van der Waals surface area contributed by atoms with Crippen LogP contribution in [0.1, 0.15) is 42.4 Å². The molecule has 164 valence electrons. The SMILES string of the molecule is Cc1ccc(CN2C(=O)[C@H]3CCCC[C@@H]3C2=O)cc1S(=O)(=O)NCCc1ccccc1. The highest BCUT2D eigenvalue weighted by Gasteiger charge is 2.47. The molecule has 1 aliphatic carbocycles. The Morgan fingerprint density at radius 3 is 2.23 bits per heavy atom. The lowest BCUT2D eigenvalue weighted by atomic mass is 9.81. The van der Waals surface area contributed by atoms with Crippen LogP contribution >= 0.6 is 0 Å². The molecule has 2 fully saturated rings. The molecule has 4 rings (SSSR count). The third-order valence-corrected chi connectivity index (χ3v) is 7.97. The number of sulfonamides is 1. The second-order valence-electron chi connectivity index (χ2n) is 8.49. The average Bonchev–Trinajstić information content (AvgIpc) is 3.00. The van der Waals surface area contributed by atoms with Crippen LogP contribution in [0.4, 0.5) is 0 Å². The highest BCUT2D eigenvalue weighted by Crippen LogP contribution is 2.38.